The fraction of sp³-hybridized carbons (Fsp3) is 0.429. The van der Waals surface area contributed by atoms with Crippen LogP contribution in [0.4, 0.5) is 5.69 Å². The summed E-state index contributed by atoms with van der Waals surface area (Å²) in [6, 6.07) is 7.58. The maximum absolute atomic E-state index is 12.0. The van der Waals surface area contributed by atoms with Crippen molar-refractivity contribution < 1.29 is 9.53 Å². The van der Waals surface area contributed by atoms with Gasteiger partial charge in [-0.3, -0.25) is 4.79 Å². The lowest BCUT2D eigenvalue weighted by Gasteiger charge is -2.27. The van der Waals surface area contributed by atoms with E-state index < -0.39 is 0 Å². The molecule has 1 saturated heterocycles. The van der Waals surface area contributed by atoms with Crippen molar-refractivity contribution in [3.05, 3.63) is 29.8 Å². The van der Waals surface area contributed by atoms with Gasteiger partial charge < -0.3 is 20.7 Å². The number of carbonyl (C=O) groups excluding carboxylic acids is 1. The number of nitrogens with zero attached hydrogens (tertiary/aromatic N) is 1. The Morgan fingerprint density at radius 1 is 1.35 bits per heavy atom. The van der Waals surface area contributed by atoms with E-state index in [0.717, 1.165) is 11.3 Å². The number of ether oxygens (including phenoxy) is 1. The fourth-order valence-electron chi connectivity index (χ4n) is 2.13. The Morgan fingerprint density at radius 3 is 2.75 bits per heavy atom. The molecule has 20 heavy (non-hydrogen) atoms. The summed E-state index contributed by atoms with van der Waals surface area (Å²) >= 11 is 5.00. The van der Waals surface area contributed by atoms with Gasteiger partial charge in [-0.1, -0.05) is 24.4 Å². The van der Waals surface area contributed by atoms with Gasteiger partial charge in [0.2, 0.25) is 5.91 Å². The van der Waals surface area contributed by atoms with Crippen molar-refractivity contribution in [2.75, 3.05) is 38.2 Å². The number of nitrogens with two attached hydrogens (primary N) is 1. The van der Waals surface area contributed by atoms with Crippen LogP contribution < -0.4 is 11.1 Å². The molecule has 1 heterocycles. The van der Waals surface area contributed by atoms with Gasteiger partial charge in [0, 0.05) is 37.3 Å². The smallest absolute Gasteiger partial charge is 0.224 e. The van der Waals surface area contributed by atoms with Crippen LogP contribution in [0.1, 0.15) is 12.0 Å². The second kappa shape index (κ2) is 7.21. The van der Waals surface area contributed by atoms with Crippen LogP contribution in [0.15, 0.2) is 24.3 Å². The number of hydrogen-bond acceptors (Lipinski definition) is 4. The molecule has 0 spiro atoms. The summed E-state index contributed by atoms with van der Waals surface area (Å²) < 4.78 is 5.23. The van der Waals surface area contributed by atoms with Gasteiger partial charge in [0.1, 0.15) is 4.99 Å². The van der Waals surface area contributed by atoms with Gasteiger partial charge in [0.05, 0.1) is 13.2 Å². The Balaban J connectivity index is 1.83. The summed E-state index contributed by atoms with van der Waals surface area (Å²) in [6.45, 7) is 3.19. The van der Waals surface area contributed by atoms with Crippen molar-refractivity contribution >= 4 is 28.8 Å². The second-order valence-electron chi connectivity index (χ2n) is 4.58. The molecule has 1 aromatic carbocycles. The first kappa shape index (κ1) is 14.7. The molecule has 1 aromatic rings. The zero-order valence-corrected chi connectivity index (χ0v) is 12.1. The van der Waals surface area contributed by atoms with E-state index in [-0.39, 0.29) is 5.91 Å². The lowest BCUT2D eigenvalue weighted by Crippen LogP contribution is -2.41. The molecule has 1 amide bonds. The highest BCUT2D eigenvalue weighted by Crippen LogP contribution is 2.14. The molecule has 0 aromatic heterocycles. The highest BCUT2D eigenvalue weighted by molar-refractivity contribution is 7.80. The molecule has 0 radical (unpaired) electrons. The van der Waals surface area contributed by atoms with Crippen molar-refractivity contribution in [1.29, 1.82) is 0 Å². The number of nitrogens with one attached hydrogen (secondary N) is 1. The van der Waals surface area contributed by atoms with Gasteiger partial charge in [-0.25, -0.2) is 0 Å². The van der Waals surface area contributed by atoms with Crippen LogP contribution in [-0.2, 0) is 9.53 Å². The van der Waals surface area contributed by atoms with E-state index in [1.54, 1.807) is 0 Å². The first-order valence-corrected chi connectivity index (χ1v) is 7.07. The summed E-state index contributed by atoms with van der Waals surface area (Å²) in [7, 11) is 0. The van der Waals surface area contributed by atoms with E-state index >= 15 is 0 Å². The topological polar surface area (TPSA) is 67.6 Å². The number of carbonyl (C=O) groups is 1. The van der Waals surface area contributed by atoms with Crippen molar-refractivity contribution in [3.63, 3.8) is 0 Å². The third-order valence-electron chi connectivity index (χ3n) is 3.21. The quantitative estimate of drug-likeness (QED) is 0.792. The van der Waals surface area contributed by atoms with Crippen LogP contribution in [0.5, 0.6) is 0 Å². The van der Waals surface area contributed by atoms with Crippen LogP contribution in [0.2, 0.25) is 0 Å². The fourth-order valence-corrected chi connectivity index (χ4v) is 2.31. The van der Waals surface area contributed by atoms with Gasteiger partial charge in [-0.2, -0.15) is 0 Å². The molecular formula is C14H19N3O2S. The van der Waals surface area contributed by atoms with Crippen LogP contribution >= 0.6 is 12.2 Å². The molecule has 3 N–H and O–H groups in total. The number of rotatable bonds is 5. The van der Waals surface area contributed by atoms with Crippen LogP contribution in [-0.4, -0.2) is 48.6 Å². The largest absolute Gasteiger partial charge is 0.389 e. The monoisotopic (exact) mass is 293 g/mol. The summed E-state index contributed by atoms with van der Waals surface area (Å²) in [5, 5.41) is 3.22. The predicted octanol–water partition coefficient (Wildman–Crippen LogP) is 0.982. The highest BCUT2D eigenvalue weighted by atomic mass is 32.1. The van der Waals surface area contributed by atoms with E-state index in [4.69, 9.17) is 22.7 Å². The molecule has 0 unspecified atom stereocenters. The molecule has 1 fully saturated rings. The lowest BCUT2D eigenvalue weighted by atomic mass is 10.1. The van der Waals surface area contributed by atoms with E-state index in [1.165, 1.54) is 0 Å². The molecule has 108 valence electrons. The normalized spacial score (nSPS) is 14.9. The Labute approximate surface area is 124 Å². The third kappa shape index (κ3) is 3.91. The van der Waals surface area contributed by atoms with E-state index in [9.17, 15) is 4.79 Å². The molecule has 6 heteroatoms. The zero-order valence-electron chi connectivity index (χ0n) is 11.3. The van der Waals surface area contributed by atoms with Crippen LogP contribution in [0.3, 0.4) is 0 Å². The molecule has 1 aliphatic rings. The molecule has 2 rings (SSSR count). The summed E-state index contributed by atoms with van der Waals surface area (Å²) in [5.41, 5.74) is 7.34. The SMILES string of the molecule is NC(=S)c1ccccc1NCCC(=O)N1CCOCC1. The first-order valence-electron chi connectivity index (χ1n) is 6.66. The van der Waals surface area contributed by atoms with Crippen molar-refractivity contribution in [2.24, 2.45) is 5.73 Å². The van der Waals surface area contributed by atoms with Gasteiger partial charge in [-0.15, -0.1) is 0 Å². The number of anilines is 1. The average Bonchev–Trinajstić information content (AvgIpc) is 2.48. The maximum atomic E-state index is 12.0. The molecule has 0 atom stereocenters. The Bertz CT molecular complexity index is 487. The molecular weight excluding hydrogens is 274 g/mol. The minimum Gasteiger partial charge on any atom is -0.389 e. The molecule has 0 bridgehead atoms. The number of benzene rings is 1. The van der Waals surface area contributed by atoms with Crippen molar-refractivity contribution in [2.45, 2.75) is 6.42 Å². The van der Waals surface area contributed by atoms with Gasteiger partial charge >= 0.3 is 0 Å². The molecule has 0 saturated carbocycles. The average molecular weight is 293 g/mol. The molecule has 1 aliphatic heterocycles. The van der Waals surface area contributed by atoms with Crippen LogP contribution in [0.25, 0.3) is 0 Å². The Kier molecular flexibility index (Phi) is 5.31. The van der Waals surface area contributed by atoms with E-state index in [1.807, 2.05) is 29.2 Å². The number of morpholine rings is 1. The van der Waals surface area contributed by atoms with E-state index in [2.05, 4.69) is 5.32 Å². The molecule has 0 aliphatic carbocycles. The number of amides is 1. The van der Waals surface area contributed by atoms with Gasteiger partial charge in [0.25, 0.3) is 0 Å². The highest BCUT2D eigenvalue weighted by Gasteiger charge is 2.16. The second-order valence-corrected chi connectivity index (χ2v) is 5.02. The lowest BCUT2D eigenvalue weighted by molar-refractivity contribution is -0.134. The minimum atomic E-state index is 0.147. The number of hydrogen-bond donors (Lipinski definition) is 2. The Morgan fingerprint density at radius 2 is 2.05 bits per heavy atom. The number of thiocarbonyl (C=S) groups is 1. The minimum absolute atomic E-state index is 0.147. The Hall–Kier alpha value is -1.66. The summed E-state index contributed by atoms with van der Waals surface area (Å²) in [5.74, 6) is 0.147. The summed E-state index contributed by atoms with van der Waals surface area (Å²) in [4.78, 5) is 14.2. The van der Waals surface area contributed by atoms with Crippen molar-refractivity contribution in [3.8, 4) is 0 Å². The standard InChI is InChI=1S/C14H19N3O2S/c15-14(20)11-3-1-2-4-12(11)16-6-5-13(18)17-7-9-19-10-8-17/h1-4,16H,5-10H2,(H2,15,20). The van der Waals surface area contributed by atoms with E-state index in [0.29, 0.717) is 44.3 Å². The first-order chi connectivity index (χ1) is 9.68. The van der Waals surface area contributed by atoms with Gasteiger partial charge in [-0.05, 0) is 12.1 Å². The van der Waals surface area contributed by atoms with Crippen molar-refractivity contribution in [1.82, 2.24) is 4.90 Å². The zero-order chi connectivity index (χ0) is 14.4. The van der Waals surface area contributed by atoms with Gasteiger partial charge in [0.15, 0.2) is 0 Å². The van der Waals surface area contributed by atoms with Crippen LogP contribution in [0, 0.1) is 0 Å². The molecule has 5 nitrogen and oxygen atoms in total. The maximum Gasteiger partial charge on any atom is 0.224 e. The summed E-state index contributed by atoms with van der Waals surface area (Å²) in [6.07, 6.45) is 0.450. The number of para-hydroxylation sites is 1. The third-order valence-corrected chi connectivity index (χ3v) is 3.43. The predicted molar refractivity (Wildman–Crippen MR) is 82.8 cm³/mol.